The fourth-order valence-electron chi connectivity index (χ4n) is 0. The Labute approximate surface area is 130 Å². The van der Waals surface area contributed by atoms with Crippen molar-refractivity contribution in [3.63, 3.8) is 0 Å². The SMILES string of the molecule is [Bi+3].[O]=[Ge]([O-])[O-].[O]=[Ge]([O-])[O-].[O]=[Ge]([O-])[O-].[Sb+3]. The van der Waals surface area contributed by atoms with Gasteiger partial charge in [-0.2, -0.15) is 0 Å². The van der Waals surface area contributed by atoms with Crippen LogP contribution in [0, 0.1) is 0 Å². The summed E-state index contributed by atoms with van der Waals surface area (Å²) in [6.07, 6.45) is 0. The molecule has 9 nitrogen and oxygen atoms in total. The molecule has 0 unspecified atom stereocenters. The average Bonchev–Trinajstić information content (AvgIpc) is 1.54. The normalized spacial score (nSPS) is 5.14. The Balaban J connectivity index is -0.0000000270. The minimum absolute atomic E-state index is 0. The van der Waals surface area contributed by atoms with Crippen molar-refractivity contribution in [1.82, 2.24) is 0 Å². The van der Waals surface area contributed by atoms with Crippen LogP contribution in [0.2, 0.25) is 0 Å². The molecular formula is BiGe3O9Sb. The predicted molar refractivity (Wildman–Crippen MR) is 30.8 cm³/mol. The van der Waals surface area contributed by atoms with Gasteiger partial charge in [0.05, 0.1) is 0 Å². The second-order valence-corrected chi connectivity index (χ2v) is 3.90. The average molecular weight is 693 g/mol. The van der Waals surface area contributed by atoms with E-state index in [1.54, 1.807) is 0 Å². The van der Waals surface area contributed by atoms with Gasteiger partial charge in [-0.3, -0.25) is 0 Å². The summed E-state index contributed by atoms with van der Waals surface area (Å²) in [7, 11) is 0. The molecule has 0 atom stereocenters. The molecule has 76 valence electrons. The molecule has 0 amide bonds. The molecule has 14 heteroatoms. The van der Waals surface area contributed by atoms with E-state index in [0.29, 0.717) is 0 Å². The molecule has 0 aliphatic carbocycles. The van der Waals surface area contributed by atoms with Crippen LogP contribution in [0.15, 0.2) is 0 Å². The van der Waals surface area contributed by atoms with E-state index in [9.17, 15) is 0 Å². The van der Waals surface area contributed by atoms with Gasteiger partial charge in [0.1, 0.15) is 0 Å². The first kappa shape index (κ1) is 29.6. The maximum atomic E-state index is 8.58. The van der Waals surface area contributed by atoms with E-state index < -0.39 is 44.9 Å². The molecular weight excluding hydrogens is 693 g/mol. The van der Waals surface area contributed by atoms with E-state index >= 15 is 0 Å². The van der Waals surface area contributed by atoms with Crippen LogP contribution in [-0.4, -0.2) is 95.5 Å². The van der Waals surface area contributed by atoms with Crippen LogP contribution in [0.3, 0.4) is 0 Å². The standard InChI is InChI=1S/Bi.3GeO3.Sb/c;3*2-1(3)4;/q+3;3*-2;+3. The van der Waals surface area contributed by atoms with E-state index in [1.165, 1.54) is 0 Å². The summed E-state index contributed by atoms with van der Waals surface area (Å²) in [5, 5.41) is 0. The van der Waals surface area contributed by atoms with Crippen LogP contribution in [0.1, 0.15) is 0 Å². The topological polar surface area (TPSA) is 190 Å². The first-order chi connectivity index (χ1) is 5.20. The van der Waals surface area contributed by atoms with Crippen LogP contribution in [0.5, 0.6) is 0 Å². The summed E-state index contributed by atoms with van der Waals surface area (Å²) in [5.74, 6) is 0. The zero-order chi connectivity index (χ0) is 10.7. The van der Waals surface area contributed by atoms with Gasteiger partial charge in [-0.05, 0) is 0 Å². The molecule has 0 aromatic carbocycles. The van der Waals surface area contributed by atoms with E-state index in [0.717, 1.165) is 0 Å². The summed E-state index contributed by atoms with van der Waals surface area (Å²) >= 11 is -12.2. The minimum Gasteiger partial charge on any atom is 3.00 e. The molecule has 0 bridgehead atoms. The molecule has 14 heavy (non-hydrogen) atoms. The summed E-state index contributed by atoms with van der Waals surface area (Å²) in [4.78, 5) is 0. The number of hydrogen-bond acceptors (Lipinski definition) is 9. The largest absolute Gasteiger partial charge is 3.00 e. The summed E-state index contributed by atoms with van der Waals surface area (Å²) in [6, 6.07) is 0. The Hall–Kier alpha value is 1.53. The minimum atomic E-state index is -4.08. The summed E-state index contributed by atoms with van der Waals surface area (Å²) < 4.78 is 77.2. The van der Waals surface area contributed by atoms with Crippen molar-refractivity contribution >= 4 is 95.5 Å². The monoisotopic (exact) mass is 696 g/mol. The van der Waals surface area contributed by atoms with Gasteiger partial charge in [-0.1, -0.05) is 0 Å². The smallest absolute Gasteiger partial charge is 3.00 e. The fraction of sp³-hybridized carbons (Fsp3) is 0. The molecule has 0 aromatic heterocycles. The van der Waals surface area contributed by atoms with Crippen molar-refractivity contribution in [2.24, 2.45) is 0 Å². The van der Waals surface area contributed by atoms with Gasteiger partial charge in [0.2, 0.25) is 0 Å². The van der Waals surface area contributed by atoms with Crippen LogP contribution in [0.4, 0.5) is 0 Å². The maximum absolute atomic E-state index is 8.58. The molecule has 0 heterocycles. The van der Waals surface area contributed by atoms with E-state index in [2.05, 4.69) is 0 Å². The van der Waals surface area contributed by atoms with Crippen LogP contribution in [0.25, 0.3) is 0 Å². The first-order valence-electron chi connectivity index (χ1n) is 1.84. The third-order valence-electron chi connectivity index (χ3n) is 0. The molecule has 0 saturated carbocycles. The fourth-order valence-corrected chi connectivity index (χ4v) is 0. The Morgan fingerprint density at radius 3 is 0.571 bits per heavy atom. The molecule has 0 aliphatic heterocycles. The molecule has 0 saturated heterocycles. The van der Waals surface area contributed by atoms with Crippen molar-refractivity contribution in [3.05, 3.63) is 0 Å². The zero-order valence-corrected chi connectivity index (χ0v) is 18.4. The van der Waals surface area contributed by atoms with Gasteiger partial charge < -0.3 is 0 Å². The Morgan fingerprint density at radius 2 is 0.571 bits per heavy atom. The quantitative estimate of drug-likeness (QED) is 0.222. The van der Waals surface area contributed by atoms with Gasteiger partial charge in [0, 0.05) is 0 Å². The molecule has 0 N–H and O–H groups in total. The van der Waals surface area contributed by atoms with Gasteiger partial charge in [0.25, 0.3) is 0 Å². The molecule has 4 radical (unpaired) electrons. The molecule has 0 fully saturated rings. The van der Waals surface area contributed by atoms with Crippen molar-refractivity contribution < 1.29 is 36.1 Å². The Kier molecular flexibility index (Phi) is 50.7. The molecule has 0 aromatic rings. The second kappa shape index (κ2) is 24.0. The third-order valence-corrected chi connectivity index (χ3v) is 0. The molecule has 0 aliphatic rings. The van der Waals surface area contributed by atoms with Crippen LogP contribution >= 0.6 is 0 Å². The van der Waals surface area contributed by atoms with E-state index in [1.807, 2.05) is 0 Å². The van der Waals surface area contributed by atoms with Crippen molar-refractivity contribution in [1.29, 1.82) is 0 Å². The predicted octanol–water partition coefficient (Wildman–Crippen LogP) is -9.39. The zero-order valence-electron chi connectivity index (χ0n) is 6.07. The number of hydrogen-bond donors (Lipinski definition) is 0. The van der Waals surface area contributed by atoms with Crippen molar-refractivity contribution in [3.8, 4) is 0 Å². The van der Waals surface area contributed by atoms with Gasteiger partial charge >= 0.3 is 132 Å². The summed E-state index contributed by atoms with van der Waals surface area (Å²) in [6.45, 7) is 0. The third kappa shape index (κ3) is 908. The maximum Gasteiger partial charge on any atom is 3.00 e. The van der Waals surface area contributed by atoms with Crippen molar-refractivity contribution in [2.45, 2.75) is 0 Å². The van der Waals surface area contributed by atoms with Crippen molar-refractivity contribution in [2.75, 3.05) is 0 Å². The van der Waals surface area contributed by atoms with Gasteiger partial charge in [-0.25, -0.2) is 0 Å². The molecule has 0 rings (SSSR count). The Bertz CT molecular complexity index is 118. The van der Waals surface area contributed by atoms with Gasteiger partial charge in [0.15, 0.2) is 0 Å². The van der Waals surface area contributed by atoms with Crippen LogP contribution in [-0.2, 0) is 11.3 Å². The van der Waals surface area contributed by atoms with E-state index in [4.69, 9.17) is 36.1 Å². The Morgan fingerprint density at radius 1 is 0.571 bits per heavy atom. The van der Waals surface area contributed by atoms with E-state index in [-0.39, 0.29) is 50.6 Å². The summed E-state index contributed by atoms with van der Waals surface area (Å²) in [5.41, 5.74) is 0. The molecule has 0 spiro atoms. The van der Waals surface area contributed by atoms with Gasteiger partial charge in [-0.15, -0.1) is 0 Å². The second-order valence-electron chi connectivity index (χ2n) is 0.750. The first-order valence-corrected chi connectivity index (χ1v) is 9.55. The van der Waals surface area contributed by atoms with Crippen LogP contribution < -0.4 is 24.8 Å². The number of rotatable bonds is 0.